The number of hydrogen-bond acceptors (Lipinski definition) is 4. The molecule has 0 bridgehead atoms. The van der Waals surface area contributed by atoms with E-state index in [-0.39, 0.29) is 24.0 Å². The van der Waals surface area contributed by atoms with Gasteiger partial charge in [0, 0.05) is 47.1 Å². The van der Waals surface area contributed by atoms with Crippen LogP contribution in [0.4, 0.5) is 0 Å². The van der Waals surface area contributed by atoms with Gasteiger partial charge < -0.3 is 24.8 Å². The van der Waals surface area contributed by atoms with Gasteiger partial charge in [0.1, 0.15) is 0 Å². The number of methoxy groups -OCH3 is 1. The Bertz CT molecular complexity index is 373. The zero-order chi connectivity index (χ0) is 17.1. The van der Waals surface area contributed by atoms with Gasteiger partial charge in [0.2, 0.25) is 0 Å². The van der Waals surface area contributed by atoms with Gasteiger partial charge in [-0.05, 0) is 43.9 Å². The molecule has 2 rings (SSSR count). The van der Waals surface area contributed by atoms with Gasteiger partial charge in [-0.3, -0.25) is 4.99 Å². The Morgan fingerprint density at radius 1 is 1.24 bits per heavy atom. The summed E-state index contributed by atoms with van der Waals surface area (Å²) >= 11 is 0. The molecule has 25 heavy (non-hydrogen) atoms. The van der Waals surface area contributed by atoms with Crippen LogP contribution in [0.25, 0.3) is 0 Å². The monoisotopic (exact) mass is 469 g/mol. The van der Waals surface area contributed by atoms with Gasteiger partial charge in [-0.1, -0.05) is 6.42 Å². The molecule has 1 aliphatic carbocycles. The molecule has 1 aliphatic heterocycles. The highest BCUT2D eigenvalue weighted by Crippen LogP contribution is 2.43. The fourth-order valence-corrected chi connectivity index (χ4v) is 3.37. The minimum absolute atomic E-state index is 0. The lowest BCUT2D eigenvalue weighted by molar-refractivity contribution is 0.0168. The van der Waals surface area contributed by atoms with Crippen molar-refractivity contribution in [2.24, 2.45) is 10.4 Å². The molecule has 0 aromatic rings. The van der Waals surface area contributed by atoms with Crippen LogP contribution < -0.4 is 10.6 Å². The molecule has 0 aromatic carbocycles. The standard InChI is InChI=1S/C18H35N3O3.HI/c1-19-17(21-15-18(7-4-8-18)9-13-22-2)20-10-5-11-23-14-16-6-3-12-24-16;/h16H,3-15H2,1-2H3,(H2,19,20,21);1H. The van der Waals surface area contributed by atoms with E-state index < -0.39 is 0 Å². The van der Waals surface area contributed by atoms with E-state index in [0.717, 1.165) is 64.7 Å². The van der Waals surface area contributed by atoms with E-state index in [9.17, 15) is 0 Å². The maximum absolute atomic E-state index is 5.68. The van der Waals surface area contributed by atoms with Crippen LogP contribution in [0.1, 0.15) is 44.9 Å². The average molecular weight is 469 g/mol. The summed E-state index contributed by atoms with van der Waals surface area (Å²) < 4.78 is 16.5. The summed E-state index contributed by atoms with van der Waals surface area (Å²) in [7, 11) is 3.60. The van der Waals surface area contributed by atoms with Crippen LogP contribution in [-0.2, 0) is 14.2 Å². The van der Waals surface area contributed by atoms with Gasteiger partial charge >= 0.3 is 0 Å². The molecule has 0 radical (unpaired) electrons. The second-order valence-corrected chi connectivity index (χ2v) is 7.01. The molecule has 2 aliphatic rings. The first-order chi connectivity index (χ1) is 11.8. The van der Waals surface area contributed by atoms with Crippen LogP contribution in [0.2, 0.25) is 0 Å². The first-order valence-corrected chi connectivity index (χ1v) is 9.41. The zero-order valence-corrected chi connectivity index (χ0v) is 18.2. The van der Waals surface area contributed by atoms with Crippen molar-refractivity contribution in [3.05, 3.63) is 0 Å². The molecule has 2 N–H and O–H groups in total. The molecule has 1 saturated carbocycles. The second kappa shape index (κ2) is 13.1. The molecular weight excluding hydrogens is 433 g/mol. The number of aliphatic imine (C=N–C) groups is 1. The third-order valence-corrected chi connectivity index (χ3v) is 5.19. The number of guanidine groups is 1. The third kappa shape index (κ3) is 8.41. The number of rotatable bonds is 11. The molecule has 7 heteroatoms. The quantitative estimate of drug-likeness (QED) is 0.211. The van der Waals surface area contributed by atoms with Crippen molar-refractivity contribution in [1.82, 2.24) is 10.6 Å². The number of nitrogens with zero attached hydrogens (tertiary/aromatic N) is 1. The summed E-state index contributed by atoms with van der Waals surface area (Å²) in [4.78, 5) is 4.31. The summed E-state index contributed by atoms with van der Waals surface area (Å²) in [6.45, 7) is 5.08. The molecule has 0 amide bonds. The first-order valence-electron chi connectivity index (χ1n) is 9.41. The van der Waals surface area contributed by atoms with Crippen molar-refractivity contribution in [1.29, 1.82) is 0 Å². The van der Waals surface area contributed by atoms with E-state index in [2.05, 4.69) is 15.6 Å². The highest BCUT2D eigenvalue weighted by Gasteiger charge is 2.36. The smallest absolute Gasteiger partial charge is 0.190 e. The number of nitrogens with one attached hydrogen (secondary N) is 2. The van der Waals surface area contributed by atoms with Gasteiger partial charge in [0.15, 0.2) is 5.96 Å². The highest BCUT2D eigenvalue weighted by atomic mass is 127. The van der Waals surface area contributed by atoms with Crippen molar-refractivity contribution in [3.63, 3.8) is 0 Å². The van der Waals surface area contributed by atoms with Crippen LogP contribution in [0.15, 0.2) is 4.99 Å². The number of ether oxygens (including phenoxy) is 3. The molecule has 2 fully saturated rings. The van der Waals surface area contributed by atoms with Crippen molar-refractivity contribution < 1.29 is 14.2 Å². The highest BCUT2D eigenvalue weighted by molar-refractivity contribution is 14.0. The van der Waals surface area contributed by atoms with Crippen molar-refractivity contribution >= 4 is 29.9 Å². The Balaban J connectivity index is 0.00000312. The lowest BCUT2D eigenvalue weighted by Gasteiger charge is -2.42. The fraction of sp³-hybridized carbons (Fsp3) is 0.944. The van der Waals surface area contributed by atoms with Crippen LogP contribution >= 0.6 is 24.0 Å². The molecule has 1 atom stereocenters. The summed E-state index contributed by atoms with van der Waals surface area (Å²) in [6, 6.07) is 0. The molecule has 6 nitrogen and oxygen atoms in total. The van der Waals surface area contributed by atoms with Crippen LogP contribution in [0.3, 0.4) is 0 Å². The van der Waals surface area contributed by atoms with Gasteiger partial charge in [-0.2, -0.15) is 0 Å². The minimum atomic E-state index is 0. The van der Waals surface area contributed by atoms with E-state index in [1.165, 1.54) is 25.7 Å². The topological polar surface area (TPSA) is 64.1 Å². The molecule has 0 aromatic heterocycles. The Morgan fingerprint density at radius 2 is 2.08 bits per heavy atom. The Hall–Kier alpha value is -0.120. The van der Waals surface area contributed by atoms with Crippen LogP contribution in [0.5, 0.6) is 0 Å². The summed E-state index contributed by atoms with van der Waals surface area (Å²) in [5.41, 5.74) is 0.401. The van der Waals surface area contributed by atoms with Crippen LogP contribution in [0, 0.1) is 5.41 Å². The first kappa shape index (κ1) is 22.9. The van der Waals surface area contributed by atoms with Gasteiger partial charge in [0.05, 0.1) is 12.7 Å². The number of halogens is 1. The van der Waals surface area contributed by atoms with E-state index in [1.54, 1.807) is 7.11 Å². The van der Waals surface area contributed by atoms with Gasteiger partial charge in [0.25, 0.3) is 0 Å². The normalized spacial score (nSPS) is 22.2. The second-order valence-electron chi connectivity index (χ2n) is 7.01. The van der Waals surface area contributed by atoms with E-state index in [1.807, 2.05) is 7.05 Å². The molecular formula is C18H36IN3O3. The largest absolute Gasteiger partial charge is 0.385 e. The molecule has 1 saturated heterocycles. The number of hydrogen-bond donors (Lipinski definition) is 2. The minimum Gasteiger partial charge on any atom is -0.385 e. The molecule has 1 heterocycles. The fourth-order valence-electron chi connectivity index (χ4n) is 3.37. The Morgan fingerprint density at radius 3 is 2.68 bits per heavy atom. The lowest BCUT2D eigenvalue weighted by atomic mass is 9.67. The molecule has 0 spiro atoms. The average Bonchev–Trinajstić information content (AvgIpc) is 3.08. The lowest BCUT2D eigenvalue weighted by Crippen LogP contribution is -2.47. The maximum Gasteiger partial charge on any atom is 0.190 e. The molecule has 148 valence electrons. The SMILES string of the molecule is CN=C(NCCCOCC1CCCO1)NCC1(CCOC)CCC1.I. The van der Waals surface area contributed by atoms with Crippen molar-refractivity contribution in [2.45, 2.75) is 51.0 Å². The van der Waals surface area contributed by atoms with Crippen molar-refractivity contribution in [3.8, 4) is 0 Å². The molecule has 1 unspecified atom stereocenters. The van der Waals surface area contributed by atoms with Gasteiger partial charge in [-0.15, -0.1) is 24.0 Å². The Kier molecular flexibility index (Phi) is 12.0. The predicted molar refractivity (Wildman–Crippen MR) is 112 cm³/mol. The summed E-state index contributed by atoms with van der Waals surface area (Å²) in [6.07, 6.45) is 8.64. The van der Waals surface area contributed by atoms with Crippen LogP contribution in [-0.4, -0.2) is 65.7 Å². The Labute approximate surface area is 169 Å². The maximum atomic E-state index is 5.68. The van der Waals surface area contributed by atoms with E-state index >= 15 is 0 Å². The van der Waals surface area contributed by atoms with E-state index in [4.69, 9.17) is 14.2 Å². The third-order valence-electron chi connectivity index (χ3n) is 5.19. The van der Waals surface area contributed by atoms with E-state index in [0.29, 0.717) is 11.5 Å². The predicted octanol–water partition coefficient (Wildman–Crippen LogP) is 2.56. The summed E-state index contributed by atoms with van der Waals surface area (Å²) in [5.74, 6) is 0.887. The van der Waals surface area contributed by atoms with Crippen molar-refractivity contribution in [2.75, 3.05) is 53.7 Å². The van der Waals surface area contributed by atoms with Gasteiger partial charge in [-0.25, -0.2) is 0 Å². The zero-order valence-electron chi connectivity index (χ0n) is 15.8. The summed E-state index contributed by atoms with van der Waals surface area (Å²) in [5, 5.41) is 6.85.